The first kappa shape index (κ1) is 14.7. The van der Waals surface area contributed by atoms with Crippen LogP contribution in [-0.4, -0.2) is 38.9 Å². The lowest BCUT2D eigenvalue weighted by molar-refractivity contribution is -0.126. The van der Waals surface area contributed by atoms with Crippen molar-refractivity contribution in [2.75, 3.05) is 13.2 Å². The van der Waals surface area contributed by atoms with E-state index >= 15 is 0 Å². The van der Waals surface area contributed by atoms with Gasteiger partial charge in [0.25, 0.3) is 0 Å². The van der Waals surface area contributed by atoms with Crippen LogP contribution in [0.15, 0.2) is 12.1 Å². The molecule has 0 bridgehead atoms. The fourth-order valence-corrected chi connectivity index (χ4v) is 2.82. The molecular formula is C14H22N2O4. The number of hydrogen-bond acceptors (Lipinski definition) is 4. The third-order valence-corrected chi connectivity index (χ3v) is 4.00. The Labute approximate surface area is 118 Å². The van der Waals surface area contributed by atoms with E-state index in [1.807, 2.05) is 0 Å². The highest BCUT2D eigenvalue weighted by molar-refractivity contribution is 5.78. The van der Waals surface area contributed by atoms with Crippen LogP contribution in [-0.2, 0) is 11.3 Å². The molecule has 112 valence electrons. The average molecular weight is 282 g/mol. The van der Waals surface area contributed by atoms with Crippen molar-refractivity contribution in [3.8, 4) is 11.8 Å². The number of amides is 1. The van der Waals surface area contributed by atoms with E-state index in [1.165, 1.54) is 16.7 Å². The van der Waals surface area contributed by atoms with Gasteiger partial charge in [0.05, 0.1) is 6.61 Å². The first-order valence-corrected chi connectivity index (χ1v) is 7.08. The van der Waals surface area contributed by atoms with Crippen LogP contribution in [0.25, 0.3) is 0 Å². The van der Waals surface area contributed by atoms with Crippen molar-refractivity contribution < 1.29 is 20.1 Å². The van der Waals surface area contributed by atoms with Crippen LogP contribution in [0.4, 0.5) is 0 Å². The van der Waals surface area contributed by atoms with E-state index in [1.54, 1.807) is 0 Å². The summed E-state index contributed by atoms with van der Waals surface area (Å²) in [6, 6.07) is 2.95. The molecule has 1 fully saturated rings. The van der Waals surface area contributed by atoms with Crippen LogP contribution in [0.2, 0.25) is 0 Å². The number of aromatic hydroxyl groups is 2. The second-order valence-electron chi connectivity index (χ2n) is 5.39. The summed E-state index contributed by atoms with van der Waals surface area (Å²) in [5.41, 5.74) is 0. The van der Waals surface area contributed by atoms with E-state index in [2.05, 4.69) is 5.32 Å². The first-order valence-electron chi connectivity index (χ1n) is 7.08. The Kier molecular flexibility index (Phi) is 4.89. The summed E-state index contributed by atoms with van der Waals surface area (Å²) in [5, 5.41) is 30.6. The summed E-state index contributed by atoms with van der Waals surface area (Å²) < 4.78 is 1.50. The fourth-order valence-electron chi connectivity index (χ4n) is 2.82. The van der Waals surface area contributed by atoms with Gasteiger partial charge in [-0.25, -0.2) is 0 Å². The first-order chi connectivity index (χ1) is 9.61. The minimum absolute atomic E-state index is 0.0177. The molecule has 0 aliphatic heterocycles. The Bertz CT molecular complexity index is 431. The number of carbonyl (C=O) groups excluding carboxylic acids is 1. The fraction of sp³-hybridized carbons (Fsp3) is 0.643. The molecule has 0 unspecified atom stereocenters. The molecule has 1 amide bonds. The SMILES string of the molecule is O=C(NCCO)C1CCC(Cn2c(O)ccc2O)CC1. The third kappa shape index (κ3) is 3.45. The zero-order valence-electron chi connectivity index (χ0n) is 11.5. The van der Waals surface area contributed by atoms with Crippen LogP contribution >= 0.6 is 0 Å². The summed E-state index contributed by atoms with van der Waals surface area (Å²) in [7, 11) is 0. The summed E-state index contributed by atoms with van der Waals surface area (Å²) in [4.78, 5) is 11.8. The Morgan fingerprint density at radius 3 is 2.35 bits per heavy atom. The minimum atomic E-state index is -0.0345. The van der Waals surface area contributed by atoms with Crippen molar-refractivity contribution >= 4 is 5.91 Å². The van der Waals surface area contributed by atoms with Crippen molar-refractivity contribution in [2.24, 2.45) is 11.8 Å². The van der Waals surface area contributed by atoms with E-state index in [9.17, 15) is 15.0 Å². The van der Waals surface area contributed by atoms with Crippen molar-refractivity contribution in [1.82, 2.24) is 9.88 Å². The van der Waals surface area contributed by atoms with Crippen LogP contribution in [0.3, 0.4) is 0 Å². The largest absolute Gasteiger partial charge is 0.494 e. The smallest absolute Gasteiger partial charge is 0.223 e. The zero-order chi connectivity index (χ0) is 14.5. The molecule has 0 atom stereocenters. The van der Waals surface area contributed by atoms with Crippen molar-refractivity contribution in [2.45, 2.75) is 32.2 Å². The molecule has 6 heteroatoms. The maximum atomic E-state index is 11.8. The summed E-state index contributed by atoms with van der Waals surface area (Å²) in [5.74, 6) is 0.547. The molecule has 1 aliphatic rings. The number of aliphatic hydroxyl groups is 1. The molecule has 20 heavy (non-hydrogen) atoms. The second kappa shape index (κ2) is 6.65. The van der Waals surface area contributed by atoms with E-state index in [0.717, 1.165) is 25.7 Å². The standard InChI is InChI=1S/C14H22N2O4/c17-8-7-15-14(20)11-3-1-10(2-4-11)9-16-12(18)5-6-13(16)19/h5-6,10-11,17-19H,1-4,7-9H2,(H,15,20). The molecule has 0 saturated heterocycles. The van der Waals surface area contributed by atoms with Crippen LogP contribution in [0, 0.1) is 11.8 Å². The van der Waals surface area contributed by atoms with Gasteiger partial charge in [-0.1, -0.05) is 0 Å². The number of nitrogens with zero attached hydrogens (tertiary/aromatic N) is 1. The van der Waals surface area contributed by atoms with Gasteiger partial charge < -0.3 is 20.6 Å². The predicted molar refractivity (Wildman–Crippen MR) is 73.3 cm³/mol. The van der Waals surface area contributed by atoms with Gasteiger partial charge in [-0.05, 0) is 31.6 Å². The van der Waals surface area contributed by atoms with E-state index in [0.29, 0.717) is 19.0 Å². The molecule has 1 heterocycles. The monoisotopic (exact) mass is 282 g/mol. The predicted octanol–water partition coefficient (Wildman–Crippen LogP) is 0.814. The topological polar surface area (TPSA) is 94.7 Å². The van der Waals surface area contributed by atoms with Gasteiger partial charge in [0.15, 0.2) is 11.8 Å². The number of aromatic nitrogens is 1. The summed E-state index contributed by atoms with van der Waals surface area (Å²) in [6.45, 7) is 0.854. The third-order valence-electron chi connectivity index (χ3n) is 4.00. The second-order valence-corrected chi connectivity index (χ2v) is 5.39. The van der Waals surface area contributed by atoms with Gasteiger partial charge in [0.2, 0.25) is 5.91 Å². The molecule has 4 N–H and O–H groups in total. The Morgan fingerprint density at radius 1 is 1.20 bits per heavy atom. The van der Waals surface area contributed by atoms with E-state index in [4.69, 9.17) is 5.11 Å². The number of nitrogens with one attached hydrogen (secondary N) is 1. The summed E-state index contributed by atoms with van der Waals surface area (Å²) in [6.07, 6.45) is 3.41. The molecule has 2 rings (SSSR count). The number of hydrogen-bond donors (Lipinski definition) is 4. The minimum Gasteiger partial charge on any atom is -0.494 e. The molecule has 1 aliphatic carbocycles. The molecular weight excluding hydrogens is 260 g/mol. The zero-order valence-corrected chi connectivity index (χ0v) is 11.5. The lowest BCUT2D eigenvalue weighted by atomic mass is 9.81. The van der Waals surface area contributed by atoms with Gasteiger partial charge in [0, 0.05) is 31.1 Å². The number of rotatable bonds is 5. The van der Waals surface area contributed by atoms with Gasteiger partial charge >= 0.3 is 0 Å². The van der Waals surface area contributed by atoms with Crippen LogP contribution < -0.4 is 5.32 Å². The molecule has 0 spiro atoms. The maximum Gasteiger partial charge on any atom is 0.223 e. The quantitative estimate of drug-likeness (QED) is 0.643. The maximum absolute atomic E-state index is 11.8. The highest BCUT2D eigenvalue weighted by atomic mass is 16.3. The van der Waals surface area contributed by atoms with Gasteiger partial charge in [-0.2, -0.15) is 0 Å². The van der Waals surface area contributed by atoms with Crippen molar-refractivity contribution in [3.63, 3.8) is 0 Å². The molecule has 1 aromatic heterocycles. The number of carbonyl (C=O) groups is 1. The Morgan fingerprint density at radius 2 is 1.80 bits per heavy atom. The van der Waals surface area contributed by atoms with Gasteiger partial charge in [-0.15, -0.1) is 0 Å². The highest BCUT2D eigenvalue weighted by Gasteiger charge is 2.26. The van der Waals surface area contributed by atoms with Gasteiger partial charge in [-0.3, -0.25) is 9.36 Å². The molecule has 6 nitrogen and oxygen atoms in total. The average Bonchev–Trinajstić information content (AvgIpc) is 2.77. The Balaban J connectivity index is 1.81. The Hall–Kier alpha value is -1.69. The number of aliphatic hydroxyl groups excluding tert-OH is 1. The molecule has 0 radical (unpaired) electrons. The normalized spacial score (nSPS) is 22.6. The van der Waals surface area contributed by atoms with Crippen molar-refractivity contribution in [3.05, 3.63) is 12.1 Å². The molecule has 1 aromatic rings. The van der Waals surface area contributed by atoms with Gasteiger partial charge in [0.1, 0.15) is 0 Å². The van der Waals surface area contributed by atoms with Crippen LogP contribution in [0.5, 0.6) is 11.8 Å². The molecule has 1 saturated carbocycles. The molecule has 0 aromatic carbocycles. The lowest BCUT2D eigenvalue weighted by Gasteiger charge is -2.28. The van der Waals surface area contributed by atoms with Crippen LogP contribution in [0.1, 0.15) is 25.7 Å². The highest BCUT2D eigenvalue weighted by Crippen LogP contribution is 2.32. The van der Waals surface area contributed by atoms with E-state index in [-0.39, 0.29) is 30.2 Å². The lowest BCUT2D eigenvalue weighted by Crippen LogP contribution is -2.35. The van der Waals surface area contributed by atoms with E-state index < -0.39 is 0 Å². The summed E-state index contributed by atoms with van der Waals surface area (Å²) >= 11 is 0. The van der Waals surface area contributed by atoms with Crippen molar-refractivity contribution in [1.29, 1.82) is 0 Å².